The summed E-state index contributed by atoms with van der Waals surface area (Å²) in [6.45, 7) is 7.00. The maximum Gasteiger partial charge on any atom is 0.251 e. The van der Waals surface area contributed by atoms with Gasteiger partial charge in [-0.15, -0.1) is 0 Å². The quantitative estimate of drug-likeness (QED) is 0.816. The van der Waals surface area contributed by atoms with Crippen molar-refractivity contribution in [1.29, 1.82) is 0 Å². The largest absolute Gasteiger partial charge is 0.352 e. The molecule has 0 fully saturated rings. The number of benzene rings is 2. The molecule has 0 saturated heterocycles. The monoisotopic (exact) mass is 374 g/mol. The normalized spacial score (nSPS) is 12.0. The van der Waals surface area contributed by atoms with Crippen LogP contribution in [0.1, 0.15) is 42.3 Å². The number of carbonyl (C=O) groups is 1. The lowest BCUT2D eigenvalue weighted by atomic mass is 9.86. The maximum absolute atomic E-state index is 12.3. The molecule has 0 aromatic heterocycles. The molecule has 0 aliphatic rings. The van der Waals surface area contributed by atoms with Crippen LogP contribution in [-0.4, -0.2) is 27.9 Å². The van der Waals surface area contributed by atoms with Gasteiger partial charge in [0.25, 0.3) is 5.91 Å². The van der Waals surface area contributed by atoms with Crippen LogP contribution in [0.5, 0.6) is 0 Å². The van der Waals surface area contributed by atoms with Crippen LogP contribution in [0.15, 0.2) is 53.4 Å². The standard InChI is InChI=1S/C20H26N2O3S/c1-20(2,3)17-10-8-15(9-11-17)12-13-22-19(23)16-6-5-7-18(14-16)26(24,25)21-4/h5-11,14,21H,12-13H2,1-4H3,(H,22,23). The van der Waals surface area contributed by atoms with Crippen molar-refractivity contribution in [2.75, 3.05) is 13.6 Å². The molecule has 0 heterocycles. The molecule has 2 rings (SSSR count). The van der Waals surface area contributed by atoms with Gasteiger partial charge in [-0.3, -0.25) is 4.79 Å². The summed E-state index contributed by atoms with van der Waals surface area (Å²) < 4.78 is 25.9. The van der Waals surface area contributed by atoms with Crippen molar-refractivity contribution >= 4 is 15.9 Å². The van der Waals surface area contributed by atoms with E-state index in [4.69, 9.17) is 0 Å². The number of carbonyl (C=O) groups excluding carboxylic acids is 1. The Labute approximate surface area is 155 Å². The minimum absolute atomic E-state index is 0.0745. The lowest BCUT2D eigenvalue weighted by Crippen LogP contribution is -2.26. The number of amides is 1. The van der Waals surface area contributed by atoms with Crippen LogP contribution in [0.25, 0.3) is 0 Å². The van der Waals surface area contributed by atoms with Gasteiger partial charge in [0.15, 0.2) is 0 Å². The zero-order valence-corrected chi connectivity index (χ0v) is 16.5. The van der Waals surface area contributed by atoms with Gasteiger partial charge in [-0.2, -0.15) is 0 Å². The van der Waals surface area contributed by atoms with E-state index in [1.54, 1.807) is 12.1 Å². The predicted octanol–water partition coefficient (Wildman–Crippen LogP) is 2.86. The molecule has 0 saturated carbocycles. The van der Waals surface area contributed by atoms with E-state index in [-0.39, 0.29) is 16.2 Å². The van der Waals surface area contributed by atoms with Gasteiger partial charge in [0.05, 0.1) is 4.90 Å². The van der Waals surface area contributed by atoms with Gasteiger partial charge < -0.3 is 5.32 Å². The van der Waals surface area contributed by atoms with E-state index in [0.717, 1.165) is 5.56 Å². The number of rotatable bonds is 6. The highest BCUT2D eigenvalue weighted by atomic mass is 32.2. The van der Waals surface area contributed by atoms with E-state index >= 15 is 0 Å². The number of sulfonamides is 1. The van der Waals surface area contributed by atoms with E-state index in [1.807, 2.05) is 0 Å². The van der Waals surface area contributed by atoms with E-state index in [1.165, 1.54) is 24.7 Å². The third-order valence-electron chi connectivity index (χ3n) is 4.19. The Morgan fingerprint density at radius 3 is 2.27 bits per heavy atom. The van der Waals surface area contributed by atoms with Crippen LogP contribution in [0.2, 0.25) is 0 Å². The second-order valence-corrected chi connectivity index (χ2v) is 9.07. The predicted molar refractivity (Wildman–Crippen MR) is 104 cm³/mol. The summed E-state index contributed by atoms with van der Waals surface area (Å²) in [5, 5.41) is 2.83. The summed E-state index contributed by atoms with van der Waals surface area (Å²) in [6.07, 6.45) is 0.713. The van der Waals surface area contributed by atoms with Crippen molar-refractivity contribution in [3.8, 4) is 0 Å². The van der Waals surface area contributed by atoms with Crippen molar-refractivity contribution in [3.05, 3.63) is 65.2 Å². The lowest BCUT2D eigenvalue weighted by Gasteiger charge is -2.19. The molecule has 0 aliphatic heterocycles. The Morgan fingerprint density at radius 2 is 1.69 bits per heavy atom. The van der Waals surface area contributed by atoms with Crippen molar-refractivity contribution in [3.63, 3.8) is 0 Å². The second kappa shape index (κ2) is 8.01. The van der Waals surface area contributed by atoms with Gasteiger partial charge in [-0.1, -0.05) is 51.1 Å². The Balaban J connectivity index is 1.96. The molecular weight excluding hydrogens is 348 g/mol. The second-order valence-electron chi connectivity index (χ2n) is 7.19. The highest BCUT2D eigenvalue weighted by molar-refractivity contribution is 7.89. The lowest BCUT2D eigenvalue weighted by molar-refractivity contribution is 0.0954. The average molecular weight is 375 g/mol. The van der Waals surface area contributed by atoms with Gasteiger partial charge in [-0.25, -0.2) is 13.1 Å². The zero-order chi connectivity index (χ0) is 19.4. The Hall–Kier alpha value is -2.18. The summed E-state index contributed by atoms with van der Waals surface area (Å²) in [7, 11) is -2.22. The number of hydrogen-bond acceptors (Lipinski definition) is 3. The first-order valence-electron chi connectivity index (χ1n) is 8.55. The summed E-state index contributed by atoms with van der Waals surface area (Å²) in [5.41, 5.74) is 2.85. The summed E-state index contributed by atoms with van der Waals surface area (Å²) in [4.78, 5) is 12.3. The highest BCUT2D eigenvalue weighted by Gasteiger charge is 2.14. The third-order valence-corrected chi connectivity index (χ3v) is 5.61. The summed E-state index contributed by atoms with van der Waals surface area (Å²) in [6, 6.07) is 14.4. The molecule has 0 bridgehead atoms. The van der Waals surface area contributed by atoms with Crippen LogP contribution in [0, 0.1) is 0 Å². The van der Waals surface area contributed by atoms with Crippen molar-refractivity contribution in [2.45, 2.75) is 37.5 Å². The van der Waals surface area contributed by atoms with E-state index < -0.39 is 10.0 Å². The van der Waals surface area contributed by atoms with Gasteiger partial charge in [-0.05, 0) is 48.2 Å². The fourth-order valence-electron chi connectivity index (χ4n) is 2.52. The third kappa shape index (κ3) is 5.16. The first-order valence-corrected chi connectivity index (χ1v) is 10.0. The van der Waals surface area contributed by atoms with Crippen LogP contribution in [0.4, 0.5) is 0 Å². The first-order chi connectivity index (χ1) is 12.1. The minimum Gasteiger partial charge on any atom is -0.352 e. The van der Waals surface area contributed by atoms with Gasteiger partial charge >= 0.3 is 0 Å². The molecular formula is C20H26N2O3S. The average Bonchev–Trinajstić information content (AvgIpc) is 2.61. The molecule has 0 aliphatic carbocycles. The van der Waals surface area contributed by atoms with Gasteiger partial charge in [0.1, 0.15) is 0 Å². The summed E-state index contributed by atoms with van der Waals surface area (Å²) >= 11 is 0. The smallest absolute Gasteiger partial charge is 0.251 e. The fourth-order valence-corrected chi connectivity index (χ4v) is 3.29. The summed E-state index contributed by atoms with van der Waals surface area (Å²) in [5.74, 6) is -0.288. The van der Waals surface area contributed by atoms with Crippen LogP contribution < -0.4 is 10.0 Å². The number of hydrogen-bond donors (Lipinski definition) is 2. The molecule has 0 spiro atoms. The zero-order valence-electron chi connectivity index (χ0n) is 15.7. The van der Waals surface area contributed by atoms with Crippen molar-refractivity contribution < 1.29 is 13.2 Å². The SMILES string of the molecule is CNS(=O)(=O)c1cccc(C(=O)NCCc2ccc(C(C)(C)C)cc2)c1. The van der Waals surface area contributed by atoms with Gasteiger partial charge in [0, 0.05) is 12.1 Å². The molecule has 0 atom stereocenters. The Bertz CT molecular complexity index is 867. The fraction of sp³-hybridized carbons (Fsp3) is 0.350. The molecule has 0 unspecified atom stereocenters. The molecule has 2 aromatic rings. The molecule has 5 nitrogen and oxygen atoms in total. The highest BCUT2D eigenvalue weighted by Crippen LogP contribution is 2.22. The van der Waals surface area contributed by atoms with Crippen LogP contribution >= 0.6 is 0 Å². The van der Waals surface area contributed by atoms with E-state index in [0.29, 0.717) is 18.5 Å². The van der Waals surface area contributed by atoms with Crippen molar-refractivity contribution in [1.82, 2.24) is 10.0 Å². The van der Waals surface area contributed by atoms with Crippen molar-refractivity contribution in [2.24, 2.45) is 0 Å². The van der Waals surface area contributed by atoms with E-state index in [9.17, 15) is 13.2 Å². The Morgan fingerprint density at radius 1 is 1.04 bits per heavy atom. The van der Waals surface area contributed by atoms with Gasteiger partial charge in [0.2, 0.25) is 10.0 Å². The first kappa shape index (κ1) is 20.1. The molecule has 0 radical (unpaired) electrons. The van der Waals surface area contributed by atoms with Crippen LogP contribution in [0.3, 0.4) is 0 Å². The molecule has 2 aromatic carbocycles. The van der Waals surface area contributed by atoms with E-state index in [2.05, 4.69) is 55.1 Å². The molecule has 140 valence electrons. The molecule has 6 heteroatoms. The van der Waals surface area contributed by atoms with Crippen LogP contribution in [-0.2, 0) is 21.9 Å². The number of nitrogens with one attached hydrogen (secondary N) is 2. The molecule has 1 amide bonds. The molecule has 2 N–H and O–H groups in total. The molecule has 26 heavy (non-hydrogen) atoms. The minimum atomic E-state index is -3.56. The topological polar surface area (TPSA) is 75.3 Å². The Kier molecular flexibility index (Phi) is 6.21. The maximum atomic E-state index is 12.3.